The van der Waals surface area contributed by atoms with Crippen molar-refractivity contribution < 1.29 is 9.47 Å². The molecule has 1 aromatic heterocycles. The molecule has 0 aliphatic carbocycles. The quantitative estimate of drug-likeness (QED) is 0.239. The topological polar surface area (TPSA) is 76.8 Å². The second kappa shape index (κ2) is 13.7. The summed E-state index contributed by atoms with van der Waals surface area (Å²) in [5.74, 6) is 3.33. The molecule has 0 saturated carbocycles. The lowest BCUT2D eigenvalue weighted by Gasteiger charge is -2.35. The van der Waals surface area contributed by atoms with E-state index >= 15 is 0 Å². The Balaban J connectivity index is 0.00000289. The van der Waals surface area contributed by atoms with Crippen molar-refractivity contribution >= 4 is 29.9 Å². The van der Waals surface area contributed by atoms with Gasteiger partial charge in [-0.1, -0.05) is 6.42 Å². The van der Waals surface area contributed by atoms with Crippen LogP contribution in [-0.2, 0) is 28.9 Å². The van der Waals surface area contributed by atoms with E-state index in [1.165, 1.54) is 37.9 Å². The van der Waals surface area contributed by atoms with E-state index in [2.05, 4.69) is 30.0 Å². The fourth-order valence-electron chi connectivity index (χ4n) is 4.93. The Labute approximate surface area is 209 Å². The normalized spacial score (nSPS) is 22.7. The van der Waals surface area contributed by atoms with Crippen LogP contribution in [0.5, 0.6) is 0 Å². The third-order valence-corrected chi connectivity index (χ3v) is 6.79. The molecule has 0 radical (unpaired) electrons. The van der Waals surface area contributed by atoms with Crippen LogP contribution in [0, 0.1) is 0 Å². The minimum absolute atomic E-state index is 0. The Kier molecular flexibility index (Phi) is 11.0. The van der Waals surface area contributed by atoms with Gasteiger partial charge in [-0.3, -0.25) is 4.99 Å². The van der Waals surface area contributed by atoms with E-state index in [1.807, 2.05) is 7.05 Å². The largest absolute Gasteiger partial charge is 0.376 e. The molecule has 1 aromatic rings. The molecule has 9 heteroatoms. The Morgan fingerprint density at radius 2 is 1.97 bits per heavy atom. The molecule has 3 aliphatic heterocycles. The van der Waals surface area contributed by atoms with Gasteiger partial charge in [-0.15, -0.1) is 34.2 Å². The molecule has 1 N–H and O–H groups in total. The summed E-state index contributed by atoms with van der Waals surface area (Å²) in [6, 6.07) is 0. The van der Waals surface area contributed by atoms with Crippen molar-refractivity contribution in [3.63, 3.8) is 0 Å². The van der Waals surface area contributed by atoms with Gasteiger partial charge in [0.25, 0.3) is 0 Å². The van der Waals surface area contributed by atoms with Crippen LogP contribution < -0.4 is 5.32 Å². The number of likely N-dealkylation sites (tertiary alicyclic amines) is 1. The summed E-state index contributed by atoms with van der Waals surface area (Å²) < 4.78 is 14.3. The Morgan fingerprint density at radius 3 is 2.75 bits per heavy atom. The van der Waals surface area contributed by atoms with Crippen LogP contribution >= 0.6 is 24.0 Å². The molecular weight excluding hydrogens is 519 g/mol. The molecule has 182 valence electrons. The van der Waals surface area contributed by atoms with Crippen molar-refractivity contribution in [3.05, 3.63) is 11.6 Å². The number of aromatic nitrogens is 3. The Morgan fingerprint density at radius 1 is 1.09 bits per heavy atom. The summed E-state index contributed by atoms with van der Waals surface area (Å²) in [6.45, 7) is 5.63. The van der Waals surface area contributed by atoms with E-state index in [9.17, 15) is 0 Å². The number of aryl methyl sites for hydroxylation is 2. The van der Waals surface area contributed by atoms with Gasteiger partial charge in [0, 0.05) is 52.7 Å². The average molecular weight is 561 g/mol. The van der Waals surface area contributed by atoms with Crippen LogP contribution in [0.25, 0.3) is 0 Å². The molecule has 0 amide bonds. The van der Waals surface area contributed by atoms with Crippen LogP contribution in [-0.4, -0.2) is 77.7 Å². The zero-order valence-corrected chi connectivity index (χ0v) is 22.0. The van der Waals surface area contributed by atoms with E-state index < -0.39 is 0 Å². The van der Waals surface area contributed by atoms with Crippen molar-refractivity contribution in [2.45, 2.75) is 89.4 Å². The van der Waals surface area contributed by atoms with Crippen molar-refractivity contribution in [1.29, 1.82) is 0 Å². The molecule has 0 bridgehead atoms. The molecule has 32 heavy (non-hydrogen) atoms. The fourth-order valence-corrected chi connectivity index (χ4v) is 4.93. The molecule has 8 nitrogen and oxygen atoms in total. The smallest absolute Gasteiger partial charge is 0.193 e. The highest BCUT2D eigenvalue weighted by molar-refractivity contribution is 14.0. The molecule has 4 rings (SSSR count). The summed E-state index contributed by atoms with van der Waals surface area (Å²) >= 11 is 0. The van der Waals surface area contributed by atoms with Gasteiger partial charge in [-0.05, 0) is 51.4 Å². The number of piperidine rings is 1. The van der Waals surface area contributed by atoms with Crippen molar-refractivity contribution in [2.75, 3.05) is 39.9 Å². The second-order valence-electron chi connectivity index (χ2n) is 9.08. The Hall–Kier alpha value is -0.940. The lowest BCUT2D eigenvalue weighted by atomic mass is 10.1. The minimum Gasteiger partial charge on any atom is -0.376 e. The van der Waals surface area contributed by atoms with Gasteiger partial charge in [0.2, 0.25) is 0 Å². The maximum absolute atomic E-state index is 6.15. The van der Waals surface area contributed by atoms with E-state index in [-0.39, 0.29) is 24.0 Å². The Bertz CT molecular complexity index is 699. The first-order valence-electron chi connectivity index (χ1n) is 12.4. The van der Waals surface area contributed by atoms with Gasteiger partial charge in [-0.2, -0.15) is 0 Å². The molecule has 0 aromatic carbocycles. The standard InChI is InChI=1S/C23H40N6O2.HI/c1-24-23(25-13-7-10-22-27-26-21-9-3-2-5-14-29(21)22)28-15-11-19(12-16-28)31-18-20-8-4-6-17-30-20;/h19-20H,2-18H2,1H3,(H,24,25);1H. The molecule has 1 atom stereocenters. The number of nitrogens with one attached hydrogen (secondary N) is 1. The molecule has 1 unspecified atom stereocenters. The van der Waals surface area contributed by atoms with E-state index in [0.717, 1.165) is 89.7 Å². The summed E-state index contributed by atoms with van der Waals surface area (Å²) in [5.41, 5.74) is 0. The highest BCUT2D eigenvalue weighted by atomic mass is 127. The van der Waals surface area contributed by atoms with Gasteiger partial charge in [-0.25, -0.2) is 0 Å². The van der Waals surface area contributed by atoms with Gasteiger partial charge in [0.15, 0.2) is 5.96 Å². The molecule has 3 aliphatic rings. The lowest BCUT2D eigenvalue weighted by Crippen LogP contribution is -2.47. The number of aliphatic imine (C=N–C) groups is 1. The third-order valence-electron chi connectivity index (χ3n) is 6.79. The number of hydrogen-bond acceptors (Lipinski definition) is 5. The number of ether oxygens (including phenoxy) is 2. The first kappa shape index (κ1) is 25.7. The number of halogens is 1. The van der Waals surface area contributed by atoms with Crippen LogP contribution in [0.1, 0.15) is 69.4 Å². The SMILES string of the molecule is CN=C(NCCCc1nnc2n1CCCCC2)N1CCC(OCC2CCCCO2)CC1.I. The summed E-state index contributed by atoms with van der Waals surface area (Å²) in [7, 11) is 1.88. The van der Waals surface area contributed by atoms with Gasteiger partial charge < -0.3 is 24.3 Å². The van der Waals surface area contributed by atoms with Crippen molar-refractivity contribution in [3.8, 4) is 0 Å². The second-order valence-corrected chi connectivity index (χ2v) is 9.08. The molecule has 0 spiro atoms. The van der Waals surface area contributed by atoms with Gasteiger partial charge in [0.05, 0.1) is 18.8 Å². The van der Waals surface area contributed by atoms with E-state index in [1.54, 1.807) is 0 Å². The highest BCUT2D eigenvalue weighted by Gasteiger charge is 2.23. The van der Waals surface area contributed by atoms with Crippen molar-refractivity contribution in [1.82, 2.24) is 25.0 Å². The minimum atomic E-state index is 0. The van der Waals surface area contributed by atoms with Crippen molar-refractivity contribution in [2.24, 2.45) is 4.99 Å². The maximum atomic E-state index is 6.15. The number of guanidine groups is 1. The first-order valence-corrected chi connectivity index (χ1v) is 12.4. The summed E-state index contributed by atoms with van der Waals surface area (Å²) in [5, 5.41) is 12.4. The average Bonchev–Trinajstić information content (AvgIpc) is 3.04. The number of nitrogens with zero attached hydrogens (tertiary/aromatic N) is 5. The van der Waals surface area contributed by atoms with Crippen LogP contribution in [0.2, 0.25) is 0 Å². The fraction of sp³-hybridized carbons (Fsp3) is 0.870. The zero-order valence-electron chi connectivity index (χ0n) is 19.6. The zero-order chi connectivity index (χ0) is 21.3. The lowest BCUT2D eigenvalue weighted by molar-refractivity contribution is -0.0721. The predicted octanol–water partition coefficient (Wildman–Crippen LogP) is 3.18. The molecule has 2 fully saturated rings. The molecule has 2 saturated heterocycles. The monoisotopic (exact) mass is 560 g/mol. The van der Waals surface area contributed by atoms with Crippen LogP contribution in [0.4, 0.5) is 0 Å². The third kappa shape index (κ3) is 7.28. The maximum Gasteiger partial charge on any atom is 0.193 e. The molecular formula is C23H41IN6O2. The van der Waals surface area contributed by atoms with E-state index in [0.29, 0.717) is 12.2 Å². The summed E-state index contributed by atoms with van der Waals surface area (Å²) in [4.78, 5) is 6.87. The van der Waals surface area contributed by atoms with E-state index in [4.69, 9.17) is 9.47 Å². The number of hydrogen-bond donors (Lipinski definition) is 1. The predicted molar refractivity (Wildman–Crippen MR) is 137 cm³/mol. The number of rotatable bonds is 7. The van der Waals surface area contributed by atoms with Gasteiger partial charge >= 0.3 is 0 Å². The number of fused-ring (bicyclic) bond motifs is 1. The van der Waals surface area contributed by atoms with Gasteiger partial charge in [0.1, 0.15) is 11.6 Å². The molecule has 4 heterocycles. The first-order chi connectivity index (χ1) is 15.3. The van der Waals surface area contributed by atoms with Crippen LogP contribution in [0.15, 0.2) is 4.99 Å². The highest BCUT2D eigenvalue weighted by Crippen LogP contribution is 2.18. The summed E-state index contributed by atoms with van der Waals surface area (Å²) in [6.07, 6.45) is 13.3. The van der Waals surface area contributed by atoms with Crippen LogP contribution in [0.3, 0.4) is 0 Å².